The van der Waals surface area contributed by atoms with Crippen LogP contribution in [0.3, 0.4) is 0 Å². The number of carboxylic acids is 1. The quantitative estimate of drug-likeness (QED) is 0.737. The molecular formula is C12H14FN3O5. The van der Waals surface area contributed by atoms with Gasteiger partial charge >= 0.3 is 11.7 Å². The maximum absolute atomic E-state index is 13.9. The molecule has 1 saturated heterocycles. The van der Waals surface area contributed by atoms with Crippen molar-refractivity contribution < 1.29 is 19.1 Å². The second-order valence-corrected chi connectivity index (χ2v) is 4.96. The zero-order valence-electron chi connectivity index (χ0n) is 11.3. The molecule has 0 aliphatic carbocycles. The van der Waals surface area contributed by atoms with Gasteiger partial charge < -0.3 is 10.0 Å². The molecule has 1 amide bonds. The zero-order valence-corrected chi connectivity index (χ0v) is 11.3. The van der Waals surface area contributed by atoms with Crippen LogP contribution in [0, 0.1) is 0 Å². The molecule has 0 spiro atoms. The van der Waals surface area contributed by atoms with Gasteiger partial charge in [-0.25, -0.2) is 14.0 Å². The summed E-state index contributed by atoms with van der Waals surface area (Å²) in [6.45, 7) is -0.938. The second kappa shape index (κ2) is 5.15. The van der Waals surface area contributed by atoms with Gasteiger partial charge in [0.15, 0.2) is 0 Å². The molecule has 114 valence electrons. The number of aliphatic carboxylic acids is 1. The summed E-state index contributed by atoms with van der Waals surface area (Å²) in [4.78, 5) is 46.8. The number of amides is 1. The van der Waals surface area contributed by atoms with Crippen molar-refractivity contribution in [1.29, 1.82) is 0 Å². The van der Waals surface area contributed by atoms with Crippen LogP contribution in [0.15, 0.2) is 21.9 Å². The number of halogens is 1. The summed E-state index contributed by atoms with van der Waals surface area (Å²) >= 11 is 0. The third-order valence-electron chi connectivity index (χ3n) is 3.52. The maximum Gasteiger partial charge on any atom is 0.343 e. The number of nitrogens with zero attached hydrogens (tertiary/aromatic N) is 3. The normalized spacial score (nSPS) is 21.5. The Bertz CT molecular complexity index is 710. The Labute approximate surface area is 118 Å². The second-order valence-electron chi connectivity index (χ2n) is 4.96. The van der Waals surface area contributed by atoms with Crippen molar-refractivity contribution in [3.8, 4) is 0 Å². The van der Waals surface area contributed by atoms with Gasteiger partial charge in [-0.2, -0.15) is 0 Å². The van der Waals surface area contributed by atoms with Gasteiger partial charge in [0.2, 0.25) is 11.6 Å². The van der Waals surface area contributed by atoms with E-state index in [1.54, 1.807) is 0 Å². The molecule has 1 atom stereocenters. The highest BCUT2D eigenvalue weighted by Gasteiger charge is 2.46. The molecule has 1 aliphatic heterocycles. The number of hydrogen-bond acceptors (Lipinski definition) is 4. The number of hydrogen-bond donors (Lipinski definition) is 1. The molecule has 8 nitrogen and oxygen atoms in total. The van der Waals surface area contributed by atoms with Crippen LogP contribution < -0.4 is 11.2 Å². The van der Waals surface area contributed by atoms with E-state index in [1.165, 1.54) is 13.2 Å². The average Bonchev–Trinajstić information content (AvgIpc) is 2.84. The van der Waals surface area contributed by atoms with Crippen LogP contribution in [0.2, 0.25) is 0 Å². The van der Waals surface area contributed by atoms with Gasteiger partial charge in [-0.3, -0.25) is 18.7 Å². The molecule has 0 aromatic carbocycles. The fourth-order valence-corrected chi connectivity index (χ4v) is 2.14. The molecule has 1 N–H and O–H groups in total. The molecule has 2 heterocycles. The van der Waals surface area contributed by atoms with Crippen LogP contribution in [-0.4, -0.2) is 49.8 Å². The fraction of sp³-hybridized carbons (Fsp3) is 0.500. The van der Waals surface area contributed by atoms with E-state index in [9.17, 15) is 23.6 Å². The highest BCUT2D eigenvalue weighted by Crippen LogP contribution is 2.25. The Morgan fingerprint density at radius 1 is 1.43 bits per heavy atom. The number of carboxylic acid groups (broad SMARTS) is 1. The van der Waals surface area contributed by atoms with E-state index < -0.39 is 35.3 Å². The van der Waals surface area contributed by atoms with Crippen LogP contribution in [-0.2, 0) is 23.2 Å². The number of likely N-dealkylation sites (tertiary alicyclic amines) is 1. The summed E-state index contributed by atoms with van der Waals surface area (Å²) in [6, 6.07) is 1.13. The van der Waals surface area contributed by atoms with Crippen LogP contribution >= 0.6 is 0 Å². The van der Waals surface area contributed by atoms with E-state index in [2.05, 4.69) is 0 Å². The molecule has 1 unspecified atom stereocenters. The molecule has 1 aromatic rings. The van der Waals surface area contributed by atoms with Gasteiger partial charge in [-0.1, -0.05) is 0 Å². The van der Waals surface area contributed by atoms with Gasteiger partial charge in [0.25, 0.3) is 5.56 Å². The van der Waals surface area contributed by atoms with E-state index >= 15 is 0 Å². The van der Waals surface area contributed by atoms with Crippen LogP contribution in [0.5, 0.6) is 0 Å². The predicted molar refractivity (Wildman–Crippen MR) is 68.6 cm³/mol. The molecule has 1 aromatic heterocycles. The van der Waals surface area contributed by atoms with E-state index in [-0.39, 0.29) is 19.5 Å². The minimum Gasteiger partial charge on any atom is -0.479 e. The molecule has 1 fully saturated rings. The molecule has 2 rings (SSSR count). The van der Waals surface area contributed by atoms with Crippen LogP contribution in [0.25, 0.3) is 0 Å². The van der Waals surface area contributed by atoms with Gasteiger partial charge in [0, 0.05) is 32.3 Å². The average molecular weight is 299 g/mol. The topological polar surface area (TPSA) is 102 Å². The van der Waals surface area contributed by atoms with Crippen molar-refractivity contribution >= 4 is 11.9 Å². The van der Waals surface area contributed by atoms with E-state index in [0.717, 1.165) is 20.1 Å². The van der Waals surface area contributed by atoms with Gasteiger partial charge in [0.05, 0.1) is 6.54 Å². The van der Waals surface area contributed by atoms with E-state index in [4.69, 9.17) is 5.11 Å². The van der Waals surface area contributed by atoms with Crippen molar-refractivity contribution in [2.75, 3.05) is 13.1 Å². The Balaban J connectivity index is 2.14. The Morgan fingerprint density at radius 3 is 2.67 bits per heavy atom. The summed E-state index contributed by atoms with van der Waals surface area (Å²) in [5, 5.41) is 8.77. The maximum atomic E-state index is 13.9. The van der Waals surface area contributed by atoms with Crippen molar-refractivity contribution in [2.45, 2.75) is 18.6 Å². The van der Waals surface area contributed by atoms with Crippen molar-refractivity contribution in [2.24, 2.45) is 7.05 Å². The molecule has 21 heavy (non-hydrogen) atoms. The number of carbonyl (C=O) groups excluding carboxylic acids is 1. The van der Waals surface area contributed by atoms with Gasteiger partial charge in [-0.05, 0) is 0 Å². The largest absolute Gasteiger partial charge is 0.479 e. The third-order valence-corrected chi connectivity index (χ3v) is 3.52. The first-order valence-corrected chi connectivity index (χ1v) is 6.21. The molecule has 0 bridgehead atoms. The van der Waals surface area contributed by atoms with Gasteiger partial charge in [-0.15, -0.1) is 0 Å². The van der Waals surface area contributed by atoms with Crippen molar-refractivity contribution in [3.63, 3.8) is 0 Å². The molecule has 1 aliphatic rings. The summed E-state index contributed by atoms with van der Waals surface area (Å²) in [6.07, 6.45) is 0.898. The number of rotatable bonds is 3. The number of alkyl halides is 1. The van der Waals surface area contributed by atoms with Gasteiger partial charge in [0.1, 0.15) is 6.54 Å². The third kappa shape index (κ3) is 2.71. The fourth-order valence-electron chi connectivity index (χ4n) is 2.14. The predicted octanol–water partition coefficient (Wildman–Crippen LogP) is -1.43. The van der Waals surface area contributed by atoms with E-state index in [0.29, 0.717) is 0 Å². The Hall–Kier alpha value is -2.45. The SMILES string of the molecule is Cn1c(=O)ccn(CC(=O)N2CCC(F)(C(=O)O)C2)c1=O. The Kier molecular flexibility index (Phi) is 3.67. The monoisotopic (exact) mass is 299 g/mol. The first kappa shape index (κ1) is 14.9. The molecule has 9 heteroatoms. The van der Waals surface area contributed by atoms with Crippen molar-refractivity contribution in [1.82, 2.24) is 14.0 Å². The number of aromatic nitrogens is 2. The lowest BCUT2D eigenvalue weighted by atomic mass is 10.1. The summed E-state index contributed by atoms with van der Waals surface area (Å²) in [5.41, 5.74) is -3.61. The van der Waals surface area contributed by atoms with Crippen LogP contribution in [0.1, 0.15) is 6.42 Å². The first-order valence-electron chi connectivity index (χ1n) is 6.21. The minimum atomic E-state index is -2.44. The van der Waals surface area contributed by atoms with Crippen LogP contribution in [0.4, 0.5) is 4.39 Å². The highest BCUT2D eigenvalue weighted by atomic mass is 19.1. The standard InChI is InChI=1S/C12H14FN3O5/c1-14-8(17)2-4-15(11(14)21)6-9(18)16-5-3-12(13,7-16)10(19)20/h2,4H,3,5-7H2,1H3,(H,19,20). The smallest absolute Gasteiger partial charge is 0.343 e. The highest BCUT2D eigenvalue weighted by molar-refractivity contribution is 5.82. The lowest BCUT2D eigenvalue weighted by molar-refractivity contribution is -0.150. The summed E-state index contributed by atoms with van der Waals surface area (Å²) < 4.78 is 15.7. The minimum absolute atomic E-state index is 0.0256. The molecular weight excluding hydrogens is 285 g/mol. The lowest BCUT2D eigenvalue weighted by Crippen LogP contribution is -2.43. The summed E-state index contributed by atoms with van der Waals surface area (Å²) in [7, 11) is 1.28. The van der Waals surface area contributed by atoms with E-state index in [1.807, 2.05) is 0 Å². The number of carbonyl (C=O) groups is 2. The zero-order chi connectivity index (χ0) is 15.8. The lowest BCUT2D eigenvalue weighted by Gasteiger charge is -2.18. The first-order chi connectivity index (χ1) is 9.74. The Morgan fingerprint density at radius 2 is 2.10 bits per heavy atom. The molecule has 0 saturated carbocycles. The molecule has 0 radical (unpaired) electrons. The van der Waals surface area contributed by atoms with Crippen molar-refractivity contribution in [3.05, 3.63) is 33.1 Å². The summed E-state index contributed by atoms with van der Waals surface area (Å²) in [5.74, 6) is -2.17.